The third-order valence-electron chi connectivity index (χ3n) is 4.58. The molecule has 26 heavy (non-hydrogen) atoms. The van der Waals surface area contributed by atoms with Gasteiger partial charge in [-0.05, 0) is 36.6 Å². The second-order valence-electron chi connectivity index (χ2n) is 6.25. The summed E-state index contributed by atoms with van der Waals surface area (Å²) >= 11 is 18.1. The van der Waals surface area contributed by atoms with Crippen LogP contribution in [0.15, 0.2) is 48.5 Å². The number of benzene rings is 2. The Morgan fingerprint density at radius 3 is 2.42 bits per heavy atom. The Kier molecular flexibility index (Phi) is 6.25. The third-order valence-corrected chi connectivity index (χ3v) is 5.61. The van der Waals surface area contributed by atoms with Crippen molar-refractivity contribution < 1.29 is 4.79 Å². The fraction of sp³-hybridized carbons (Fsp3) is 0.250. The molecule has 1 heterocycles. The van der Waals surface area contributed by atoms with Crippen LogP contribution in [0.1, 0.15) is 18.9 Å². The molecule has 0 spiro atoms. The van der Waals surface area contributed by atoms with Crippen LogP contribution in [0.5, 0.6) is 0 Å². The summed E-state index contributed by atoms with van der Waals surface area (Å²) in [4.78, 5) is 14.7. The highest BCUT2D eigenvalue weighted by atomic mass is 35.5. The van der Waals surface area contributed by atoms with Crippen LogP contribution in [0, 0.1) is 0 Å². The molecule has 1 amide bonds. The van der Waals surface area contributed by atoms with Crippen LogP contribution in [-0.4, -0.2) is 29.9 Å². The number of rotatable bonds is 4. The SMILES string of the molecule is C[C@H](C(=O)Nc1cc(Cl)c(Cl)cc1Cl)N1CC=C(c2ccccc2)CC1. The first-order valence-corrected chi connectivity index (χ1v) is 9.53. The van der Waals surface area contributed by atoms with Gasteiger partial charge in [0.1, 0.15) is 0 Å². The summed E-state index contributed by atoms with van der Waals surface area (Å²) in [5.74, 6) is -0.123. The Labute approximate surface area is 168 Å². The lowest BCUT2D eigenvalue weighted by Crippen LogP contribution is -2.44. The van der Waals surface area contributed by atoms with Crippen LogP contribution >= 0.6 is 34.8 Å². The lowest BCUT2D eigenvalue weighted by molar-refractivity contribution is -0.120. The fourth-order valence-electron chi connectivity index (χ4n) is 2.97. The number of hydrogen-bond donors (Lipinski definition) is 1. The average Bonchev–Trinajstić information content (AvgIpc) is 2.66. The third kappa shape index (κ3) is 4.41. The summed E-state index contributed by atoms with van der Waals surface area (Å²) in [6.07, 6.45) is 3.10. The van der Waals surface area contributed by atoms with Crippen molar-refractivity contribution in [3.05, 3.63) is 69.2 Å². The van der Waals surface area contributed by atoms with Crippen molar-refractivity contribution >= 4 is 52.0 Å². The Hall–Kier alpha value is -1.52. The minimum atomic E-state index is -0.283. The van der Waals surface area contributed by atoms with Gasteiger partial charge in [0.15, 0.2) is 0 Å². The second-order valence-corrected chi connectivity index (χ2v) is 7.47. The Morgan fingerprint density at radius 2 is 1.77 bits per heavy atom. The molecule has 2 aromatic carbocycles. The van der Waals surface area contributed by atoms with Gasteiger partial charge in [-0.3, -0.25) is 9.69 Å². The predicted molar refractivity (Wildman–Crippen MR) is 110 cm³/mol. The van der Waals surface area contributed by atoms with Crippen LogP contribution in [0.4, 0.5) is 5.69 Å². The number of halogens is 3. The van der Waals surface area contributed by atoms with E-state index in [0.717, 1.165) is 19.5 Å². The zero-order valence-corrected chi connectivity index (χ0v) is 16.6. The standard InChI is InChI=1S/C20H19Cl3N2O/c1-13(20(26)24-19-12-17(22)16(21)11-18(19)23)25-9-7-15(8-10-25)14-5-3-2-4-6-14/h2-7,11-13H,8-10H2,1H3,(H,24,26)/t13-/m1/s1. The predicted octanol–water partition coefficient (Wildman–Crippen LogP) is 5.76. The van der Waals surface area contributed by atoms with Crippen LogP contribution < -0.4 is 5.32 Å². The molecule has 0 saturated carbocycles. The highest BCUT2D eigenvalue weighted by Crippen LogP contribution is 2.32. The number of amides is 1. The van der Waals surface area contributed by atoms with Gasteiger partial charge in [-0.15, -0.1) is 0 Å². The van der Waals surface area contributed by atoms with Crippen LogP contribution in [0.2, 0.25) is 15.1 Å². The van der Waals surface area contributed by atoms with Gasteiger partial charge in [-0.1, -0.05) is 71.2 Å². The normalized spacial score (nSPS) is 16.1. The summed E-state index contributed by atoms with van der Waals surface area (Å²) in [7, 11) is 0. The number of nitrogens with zero attached hydrogens (tertiary/aromatic N) is 1. The lowest BCUT2D eigenvalue weighted by atomic mass is 9.99. The molecule has 1 aliphatic rings. The number of anilines is 1. The molecule has 0 radical (unpaired) electrons. The van der Waals surface area contributed by atoms with Gasteiger partial charge < -0.3 is 5.32 Å². The molecule has 136 valence electrons. The van der Waals surface area contributed by atoms with Crippen LogP contribution in [0.25, 0.3) is 5.57 Å². The molecule has 0 saturated heterocycles. The zero-order chi connectivity index (χ0) is 18.7. The second kappa shape index (κ2) is 8.45. The van der Waals surface area contributed by atoms with E-state index in [0.29, 0.717) is 20.8 Å². The molecule has 0 unspecified atom stereocenters. The largest absolute Gasteiger partial charge is 0.323 e. The highest BCUT2D eigenvalue weighted by molar-refractivity contribution is 6.44. The van der Waals surface area contributed by atoms with Crippen LogP contribution in [-0.2, 0) is 4.79 Å². The molecule has 0 fully saturated rings. The summed E-state index contributed by atoms with van der Waals surface area (Å²) in [5, 5.41) is 3.92. The van der Waals surface area contributed by atoms with Crippen molar-refractivity contribution in [2.45, 2.75) is 19.4 Å². The summed E-state index contributed by atoms with van der Waals surface area (Å²) in [6, 6.07) is 13.1. The number of hydrogen-bond acceptors (Lipinski definition) is 2. The number of carbonyl (C=O) groups excluding carboxylic acids is 1. The molecule has 6 heteroatoms. The molecule has 0 aliphatic carbocycles. The molecule has 3 rings (SSSR count). The Balaban J connectivity index is 1.65. The van der Waals surface area contributed by atoms with E-state index in [1.807, 2.05) is 25.1 Å². The van der Waals surface area contributed by atoms with E-state index in [1.165, 1.54) is 17.2 Å². The zero-order valence-electron chi connectivity index (χ0n) is 14.3. The van der Waals surface area contributed by atoms with Crippen molar-refractivity contribution in [3.63, 3.8) is 0 Å². The van der Waals surface area contributed by atoms with Crippen molar-refractivity contribution in [1.29, 1.82) is 0 Å². The molecule has 0 aromatic heterocycles. The molecule has 0 bridgehead atoms. The van der Waals surface area contributed by atoms with Gasteiger partial charge in [0, 0.05) is 13.1 Å². The van der Waals surface area contributed by atoms with Crippen molar-refractivity contribution in [2.24, 2.45) is 0 Å². The van der Waals surface area contributed by atoms with E-state index < -0.39 is 0 Å². The Bertz CT molecular complexity index is 836. The average molecular weight is 410 g/mol. The van der Waals surface area contributed by atoms with E-state index in [-0.39, 0.29) is 11.9 Å². The van der Waals surface area contributed by atoms with Gasteiger partial charge in [-0.2, -0.15) is 0 Å². The maximum Gasteiger partial charge on any atom is 0.241 e. The molecule has 2 aromatic rings. The summed E-state index contributed by atoms with van der Waals surface area (Å²) in [5.41, 5.74) is 3.03. The molecule has 1 atom stereocenters. The first-order valence-electron chi connectivity index (χ1n) is 8.39. The molecular formula is C20H19Cl3N2O. The molecule has 1 N–H and O–H groups in total. The van der Waals surface area contributed by atoms with Gasteiger partial charge in [0.05, 0.1) is 26.8 Å². The topological polar surface area (TPSA) is 32.3 Å². The minimum absolute atomic E-state index is 0.123. The Morgan fingerprint density at radius 1 is 1.08 bits per heavy atom. The molecule has 3 nitrogen and oxygen atoms in total. The highest BCUT2D eigenvalue weighted by Gasteiger charge is 2.24. The minimum Gasteiger partial charge on any atom is -0.323 e. The lowest BCUT2D eigenvalue weighted by Gasteiger charge is -2.31. The van der Waals surface area contributed by atoms with Gasteiger partial charge in [0.2, 0.25) is 5.91 Å². The smallest absolute Gasteiger partial charge is 0.241 e. The first kappa shape index (κ1) is 19.2. The van der Waals surface area contributed by atoms with E-state index in [9.17, 15) is 4.79 Å². The van der Waals surface area contributed by atoms with E-state index in [2.05, 4.69) is 28.4 Å². The molecule has 1 aliphatic heterocycles. The summed E-state index contributed by atoms with van der Waals surface area (Å²) < 4.78 is 0. The van der Waals surface area contributed by atoms with Gasteiger partial charge >= 0.3 is 0 Å². The van der Waals surface area contributed by atoms with Crippen molar-refractivity contribution in [3.8, 4) is 0 Å². The first-order chi connectivity index (χ1) is 12.5. The maximum atomic E-state index is 12.6. The van der Waals surface area contributed by atoms with E-state index in [1.54, 1.807) is 6.07 Å². The van der Waals surface area contributed by atoms with E-state index >= 15 is 0 Å². The monoisotopic (exact) mass is 408 g/mol. The number of carbonyl (C=O) groups is 1. The van der Waals surface area contributed by atoms with E-state index in [4.69, 9.17) is 34.8 Å². The number of nitrogens with one attached hydrogen (secondary N) is 1. The summed E-state index contributed by atoms with van der Waals surface area (Å²) in [6.45, 7) is 3.44. The van der Waals surface area contributed by atoms with Crippen molar-refractivity contribution in [1.82, 2.24) is 4.90 Å². The fourth-order valence-corrected chi connectivity index (χ4v) is 3.57. The maximum absolute atomic E-state index is 12.6. The van der Waals surface area contributed by atoms with Gasteiger partial charge in [0.25, 0.3) is 0 Å². The van der Waals surface area contributed by atoms with Crippen molar-refractivity contribution in [2.75, 3.05) is 18.4 Å². The molecular weight excluding hydrogens is 391 g/mol. The quantitative estimate of drug-likeness (QED) is 0.651. The van der Waals surface area contributed by atoms with Gasteiger partial charge in [-0.25, -0.2) is 0 Å². The van der Waals surface area contributed by atoms with Crippen LogP contribution in [0.3, 0.4) is 0 Å².